The average Bonchev–Trinajstić information content (AvgIpc) is 1.76. The van der Waals surface area contributed by atoms with Crippen LogP contribution in [0.4, 0.5) is 0 Å². The lowest BCUT2D eigenvalue weighted by Crippen LogP contribution is -3.00. The number of ether oxygens (including phenoxy) is 4. The van der Waals surface area contributed by atoms with Gasteiger partial charge in [0.15, 0.2) is 12.6 Å². The van der Waals surface area contributed by atoms with E-state index in [9.17, 15) is 0 Å². The Morgan fingerprint density at radius 3 is 0.713 bits per heavy atom. The third kappa shape index (κ3) is 67.4. The van der Waals surface area contributed by atoms with Crippen molar-refractivity contribution < 1.29 is 35.8 Å². The molecule has 0 amide bonds. The Morgan fingerprint density at radius 2 is 0.489 bits per heavy atom. The van der Waals surface area contributed by atoms with Gasteiger partial charge in [0.2, 0.25) is 0 Å². The fraction of sp³-hybridized carbons (Fsp3) is 0.814. The molecule has 0 aromatic rings. The standard InChI is InChI=1S/C43H80NO2.C42H77NO2.CH3Cl.ClH/c1-6-8-10-12-14-16-18-20-22-24-26-28-30-32-34-37-41-42(46-43(45-41)39-36-40-44(3,4)5)38-35-33-31-29-27-25-23-21-19-17-15-13-11-9-7-2;1-5-7-9-11-13-15-17-19-21-23-25-27-29-31-33-36-40-41(45-42(44-40)38-35-39-43(3)4)37-34-32-30-28-26-24-22-20-18-16-14-12-10-8-6-2;1-2;/h14-17,20-23,41-43H,6-13,18-19,24-40H2,1-5H3;13-16,19-22,40-42H,5-12,17-18,23-39H2,1-4H3;1H3;1H/q+1;;;/p-1/b16-14-,17-15-,22-20-,23-21-;15-13-,16-14-,21-19-,22-20-;;. The van der Waals surface area contributed by atoms with Crippen LogP contribution in [0.15, 0.2) is 97.2 Å². The molecule has 0 saturated carbocycles. The predicted octanol–water partition coefficient (Wildman–Crippen LogP) is 24.1. The summed E-state index contributed by atoms with van der Waals surface area (Å²) in [5.74, 6) is 0. The number of hydrogen-bond donors (Lipinski definition) is 0. The maximum absolute atomic E-state index is 6.53. The first kappa shape index (κ1) is 94.3. The lowest BCUT2D eigenvalue weighted by Gasteiger charge is -2.24. The number of halogens is 2. The summed E-state index contributed by atoms with van der Waals surface area (Å²) in [5, 5.41) is 0. The summed E-state index contributed by atoms with van der Waals surface area (Å²) in [6.45, 7) is 11.4. The Balaban J connectivity index is 0. The molecule has 4 atom stereocenters. The molecule has 0 N–H and O–H groups in total. The van der Waals surface area contributed by atoms with Crippen molar-refractivity contribution in [3.8, 4) is 0 Å². The SMILES string of the molecule is CCCCC/C=C\C/C=C\CCCCCCCC1OC(CCCN(C)C)OC1CCCCCCC/C=C\C/C=C\CCCCC.CCCCC/C=C\C/C=C\CCCCCCCC1OC(CCC[N+](C)(C)C)OC1CCCCCCC/C=C\C/C=C\CCCCC.CCl.[Cl-]. The number of hydrogen-bond acceptors (Lipinski definition) is 5. The van der Waals surface area contributed by atoms with Gasteiger partial charge >= 0.3 is 0 Å². The minimum absolute atomic E-state index is 0. The minimum atomic E-state index is 0. The van der Waals surface area contributed by atoms with Crippen molar-refractivity contribution in [2.24, 2.45) is 0 Å². The highest BCUT2D eigenvalue weighted by molar-refractivity contribution is 6.15. The average molecular weight is 1360 g/mol. The summed E-state index contributed by atoms with van der Waals surface area (Å²) in [5.41, 5.74) is 0. The van der Waals surface area contributed by atoms with Crippen molar-refractivity contribution in [3.05, 3.63) is 97.2 Å². The van der Waals surface area contributed by atoms with E-state index in [4.69, 9.17) is 18.9 Å². The second-order valence-electron chi connectivity index (χ2n) is 28.7. The van der Waals surface area contributed by atoms with E-state index in [0.29, 0.717) is 24.4 Å². The van der Waals surface area contributed by atoms with Crippen LogP contribution in [-0.2, 0) is 18.9 Å². The maximum Gasteiger partial charge on any atom is 0.158 e. The summed E-state index contributed by atoms with van der Waals surface area (Å²) in [7, 11) is 11.1. The van der Waals surface area contributed by atoms with Gasteiger partial charge in [0.25, 0.3) is 0 Å². The molecule has 94 heavy (non-hydrogen) atoms. The zero-order valence-electron chi connectivity index (χ0n) is 64.2. The van der Waals surface area contributed by atoms with Crippen molar-refractivity contribution in [2.75, 3.05) is 54.7 Å². The zero-order valence-corrected chi connectivity index (χ0v) is 65.7. The van der Waals surface area contributed by atoms with E-state index < -0.39 is 0 Å². The van der Waals surface area contributed by atoms with E-state index in [1.165, 1.54) is 302 Å². The van der Waals surface area contributed by atoms with Crippen LogP contribution in [0, 0.1) is 0 Å². The highest BCUT2D eigenvalue weighted by Crippen LogP contribution is 2.32. The smallest absolute Gasteiger partial charge is 0.158 e. The van der Waals surface area contributed by atoms with Crippen molar-refractivity contribution in [3.63, 3.8) is 0 Å². The highest BCUT2D eigenvalue weighted by atomic mass is 35.5. The van der Waals surface area contributed by atoms with Crippen LogP contribution in [0.3, 0.4) is 0 Å². The van der Waals surface area contributed by atoms with Gasteiger partial charge in [0, 0.05) is 19.2 Å². The molecular weight excluding hydrogens is 1200 g/mol. The Labute approximate surface area is 599 Å². The van der Waals surface area contributed by atoms with E-state index in [0.717, 1.165) is 56.0 Å². The number of rotatable bonds is 64. The van der Waals surface area contributed by atoms with Crippen molar-refractivity contribution >= 4 is 11.6 Å². The maximum atomic E-state index is 6.53. The van der Waals surface area contributed by atoms with Crippen molar-refractivity contribution in [1.82, 2.24) is 4.90 Å². The molecule has 552 valence electrons. The van der Waals surface area contributed by atoms with Crippen LogP contribution >= 0.6 is 11.6 Å². The van der Waals surface area contributed by atoms with Gasteiger partial charge in [-0.2, -0.15) is 0 Å². The Morgan fingerprint density at radius 1 is 0.277 bits per heavy atom. The van der Waals surface area contributed by atoms with Crippen LogP contribution in [0.25, 0.3) is 0 Å². The highest BCUT2D eigenvalue weighted by Gasteiger charge is 2.36. The normalized spacial score (nSPS) is 18.7. The Kier molecular flexibility index (Phi) is 75.7. The number of allylic oxidation sites excluding steroid dienone is 16. The van der Waals surface area contributed by atoms with Gasteiger partial charge in [0.05, 0.1) is 52.1 Å². The van der Waals surface area contributed by atoms with Gasteiger partial charge in [0.1, 0.15) is 0 Å². The summed E-state index contributed by atoms with van der Waals surface area (Å²) < 4.78 is 27.0. The molecule has 0 radical (unpaired) electrons. The van der Waals surface area contributed by atoms with E-state index in [2.05, 4.69) is 177 Å². The monoisotopic (exact) mass is 1360 g/mol. The van der Waals surface area contributed by atoms with Crippen LogP contribution in [0.1, 0.15) is 362 Å². The molecule has 2 aliphatic heterocycles. The number of nitrogens with zero attached hydrogens (tertiary/aromatic N) is 2. The topological polar surface area (TPSA) is 40.2 Å². The third-order valence-corrected chi connectivity index (χ3v) is 18.2. The van der Waals surface area contributed by atoms with Gasteiger partial charge in [-0.1, -0.05) is 279 Å². The second kappa shape index (κ2) is 75.5. The molecular formula is C86H160Cl2N2O4. The largest absolute Gasteiger partial charge is 1.00 e. The molecule has 6 nitrogen and oxygen atoms in total. The molecule has 4 unspecified atom stereocenters. The van der Waals surface area contributed by atoms with Crippen LogP contribution < -0.4 is 12.4 Å². The molecule has 0 spiro atoms. The minimum Gasteiger partial charge on any atom is -1.00 e. The lowest BCUT2D eigenvalue weighted by molar-refractivity contribution is -0.870. The van der Waals surface area contributed by atoms with Gasteiger partial charge in [-0.15, -0.1) is 11.6 Å². The van der Waals surface area contributed by atoms with Crippen molar-refractivity contribution in [2.45, 2.75) is 399 Å². The molecule has 2 heterocycles. The zero-order chi connectivity index (χ0) is 67.9. The van der Waals surface area contributed by atoms with E-state index >= 15 is 0 Å². The Hall–Kier alpha value is -1.74. The first-order chi connectivity index (χ1) is 45.6. The summed E-state index contributed by atoms with van der Waals surface area (Å²) >= 11 is 4.64. The quantitative estimate of drug-likeness (QED) is 0.0263. The van der Waals surface area contributed by atoms with Crippen molar-refractivity contribution in [1.29, 1.82) is 0 Å². The third-order valence-electron chi connectivity index (χ3n) is 18.2. The second-order valence-corrected chi connectivity index (χ2v) is 28.7. The van der Waals surface area contributed by atoms with E-state index in [1.54, 1.807) is 0 Å². The Bertz CT molecular complexity index is 1640. The molecule has 0 aromatic carbocycles. The van der Waals surface area contributed by atoms with Crippen LogP contribution in [-0.4, -0.2) is 101 Å². The van der Waals surface area contributed by atoms with Gasteiger partial charge < -0.3 is 40.7 Å². The first-order valence-corrected chi connectivity index (χ1v) is 41.0. The van der Waals surface area contributed by atoms with Gasteiger partial charge in [-0.3, -0.25) is 0 Å². The number of alkyl halides is 1. The fourth-order valence-corrected chi connectivity index (χ4v) is 12.4. The molecule has 8 heteroatoms. The first-order valence-electron chi connectivity index (χ1n) is 40.3. The predicted molar refractivity (Wildman–Crippen MR) is 416 cm³/mol. The molecule has 0 bridgehead atoms. The molecule has 0 aromatic heterocycles. The number of quaternary nitrogens is 1. The molecule has 2 fully saturated rings. The fourth-order valence-electron chi connectivity index (χ4n) is 12.4. The van der Waals surface area contributed by atoms with E-state index in [1.807, 2.05) is 0 Å². The molecule has 2 aliphatic rings. The molecule has 2 saturated heterocycles. The van der Waals surface area contributed by atoms with Gasteiger partial charge in [-0.05, 0) is 188 Å². The van der Waals surface area contributed by atoms with Gasteiger partial charge in [-0.25, -0.2) is 0 Å². The summed E-state index contributed by atoms with van der Waals surface area (Å²) in [6.07, 6.45) is 106. The summed E-state index contributed by atoms with van der Waals surface area (Å²) in [4.78, 5) is 2.26. The molecule has 2 rings (SSSR count). The van der Waals surface area contributed by atoms with Crippen LogP contribution in [0.2, 0.25) is 0 Å². The lowest BCUT2D eigenvalue weighted by atomic mass is 9.99. The van der Waals surface area contributed by atoms with E-state index in [-0.39, 0.29) is 25.0 Å². The molecule has 0 aliphatic carbocycles. The summed E-state index contributed by atoms with van der Waals surface area (Å²) in [6, 6.07) is 0. The van der Waals surface area contributed by atoms with Crippen LogP contribution in [0.5, 0.6) is 0 Å². The number of unbranched alkanes of at least 4 members (excludes halogenated alkanes) is 32.